The van der Waals surface area contributed by atoms with Crippen LogP contribution in [0.4, 0.5) is 0 Å². The molecule has 0 spiro atoms. The molecule has 0 saturated heterocycles. The topological polar surface area (TPSA) is 17.1 Å². The Balaban J connectivity index is 2.77. The number of rotatable bonds is 4. The van der Waals surface area contributed by atoms with E-state index in [1.165, 1.54) is 5.57 Å². The second-order valence-electron chi connectivity index (χ2n) is 6.31. The van der Waals surface area contributed by atoms with E-state index in [1.807, 2.05) is 20.8 Å². The molecule has 0 saturated carbocycles. The van der Waals surface area contributed by atoms with Crippen molar-refractivity contribution < 1.29 is 4.79 Å². The third-order valence-corrected chi connectivity index (χ3v) is 4.41. The maximum atomic E-state index is 11.8. The third-order valence-electron chi connectivity index (χ3n) is 4.41. The second kappa shape index (κ2) is 4.80. The lowest BCUT2D eigenvalue weighted by Gasteiger charge is -2.28. The molecule has 1 heteroatoms. The summed E-state index contributed by atoms with van der Waals surface area (Å²) in [5.41, 5.74) is 1.38. The summed E-state index contributed by atoms with van der Waals surface area (Å²) in [7, 11) is 0. The van der Waals surface area contributed by atoms with Crippen LogP contribution in [0.25, 0.3) is 0 Å². The molecule has 1 atom stereocenters. The highest BCUT2D eigenvalue weighted by Gasteiger charge is 2.33. The van der Waals surface area contributed by atoms with Gasteiger partial charge in [-0.25, -0.2) is 0 Å². The number of Topliss-reactive ketones (excluding diaryl/α,β-unsaturated/α-hetero) is 1. The number of carbonyl (C=O) groups excluding carboxylic acids is 1. The molecule has 1 aliphatic carbocycles. The van der Waals surface area contributed by atoms with E-state index in [2.05, 4.69) is 39.0 Å². The fraction of sp³-hybridized carbons (Fsp3) is 0.688. The molecule has 0 bridgehead atoms. The van der Waals surface area contributed by atoms with E-state index in [9.17, 15) is 4.79 Å². The molecule has 0 radical (unpaired) electrons. The lowest BCUT2D eigenvalue weighted by atomic mass is 9.76. The molecule has 96 valence electrons. The van der Waals surface area contributed by atoms with Crippen LogP contribution in [0.5, 0.6) is 0 Å². The van der Waals surface area contributed by atoms with Crippen molar-refractivity contribution in [2.24, 2.45) is 16.7 Å². The van der Waals surface area contributed by atoms with Crippen LogP contribution in [-0.2, 0) is 4.79 Å². The number of hydrogen-bond acceptors (Lipinski definition) is 1. The van der Waals surface area contributed by atoms with Gasteiger partial charge in [0.2, 0.25) is 0 Å². The minimum atomic E-state index is -0.318. The first kappa shape index (κ1) is 14.2. The molecule has 17 heavy (non-hydrogen) atoms. The van der Waals surface area contributed by atoms with Crippen LogP contribution in [0.2, 0.25) is 0 Å². The van der Waals surface area contributed by atoms with Crippen molar-refractivity contribution in [3.8, 4) is 0 Å². The fourth-order valence-corrected chi connectivity index (χ4v) is 2.38. The summed E-state index contributed by atoms with van der Waals surface area (Å²) in [5, 5.41) is 0. The minimum Gasteiger partial charge on any atom is -0.299 e. The van der Waals surface area contributed by atoms with E-state index in [0.717, 1.165) is 6.42 Å². The highest BCUT2D eigenvalue weighted by molar-refractivity contribution is 5.85. The van der Waals surface area contributed by atoms with E-state index in [4.69, 9.17) is 0 Å². The summed E-state index contributed by atoms with van der Waals surface area (Å²) in [4.78, 5) is 11.8. The quantitative estimate of drug-likeness (QED) is 0.653. The molecule has 0 heterocycles. The summed E-state index contributed by atoms with van der Waals surface area (Å²) < 4.78 is 0. The molecule has 0 aromatic rings. The average molecular weight is 234 g/mol. The van der Waals surface area contributed by atoms with Crippen LogP contribution in [0, 0.1) is 16.7 Å². The standard InChI is InChI=1S/C16H26O/c1-7-14(17)15(3,4)11-10-13-9-8-12(2)16(13,5)6/h8,10-11,13H,7,9H2,1-6H3/b11-10+/t13-/m1/s1. The van der Waals surface area contributed by atoms with Crippen LogP contribution >= 0.6 is 0 Å². The van der Waals surface area contributed by atoms with Crippen LogP contribution in [0.3, 0.4) is 0 Å². The summed E-state index contributed by atoms with van der Waals surface area (Å²) >= 11 is 0. The molecule has 1 rings (SSSR count). The first-order valence-corrected chi connectivity index (χ1v) is 6.61. The first-order valence-electron chi connectivity index (χ1n) is 6.61. The van der Waals surface area contributed by atoms with E-state index < -0.39 is 0 Å². The Morgan fingerprint density at radius 3 is 2.53 bits per heavy atom. The van der Waals surface area contributed by atoms with E-state index >= 15 is 0 Å². The molecule has 0 aromatic heterocycles. The predicted octanol–water partition coefficient (Wildman–Crippen LogP) is 4.54. The molecule has 0 amide bonds. The monoisotopic (exact) mass is 234 g/mol. The van der Waals surface area contributed by atoms with Crippen molar-refractivity contribution in [1.82, 2.24) is 0 Å². The second-order valence-corrected chi connectivity index (χ2v) is 6.31. The first-order chi connectivity index (χ1) is 7.71. The summed E-state index contributed by atoms with van der Waals surface area (Å²) in [5.74, 6) is 0.848. The maximum absolute atomic E-state index is 11.8. The Bertz CT molecular complexity index is 356. The van der Waals surface area contributed by atoms with Gasteiger partial charge >= 0.3 is 0 Å². The SMILES string of the molecule is CCC(=O)C(C)(C)/C=C/[C@H]1CC=C(C)C1(C)C. The van der Waals surface area contributed by atoms with Crippen molar-refractivity contribution in [3.63, 3.8) is 0 Å². The van der Waals surface area contributed by atoms with Crippen LogP contribution in [0.1, 0.15) is 54.4 Å². The van der Waals surface area contributed by atoms with Gasteiger partial charge in [0, 0.05) is 11.8 Å². The van der Waals surface area contributed by atoms with Crippen molar-refractivity contribution >= 4 is 5.78 Å². The van der Waals surface area contributed by atoms with E-state index in [-0.39, 0.29) is 10.8 Å². The van der Waals surface area contributed by atoms with Crippen molar-refractivity contribution in [3.05, 3.63) is 23.8 Å². The smallest absolute Gasteiger partial charge is 0.141 e. The zero-order valence-electron chi connectivity index (χ0n) is 12.1. The molecule has 1 aliphatic rings. The maximum Gasteiger partial charge on any atom is 0.141 e. The van der Waals surface area contributed by atoms with Gasteiger partial charge in [0.05, 0.1) is 0 Å². The molecule has 1 nitrogen and oxygen atoms in total. The highest BCUT2D eigenvalue weighted by atomic mass is 16.1. The average Bonchev–Trinajstić information content (AvgIpc) is 2.50. The molecule has 0 aliphatic heterocycles. The van der Waals surface area contributed by atoms with Gasteiger partial charge in [-0.05, 0) is 38.5 Å². The Kier molecular flexibility index (Phi) is 4.01. The summed E-state index contributed by atoms with van der Waals surface area (Å²) in [6, 6.07) is 0. The molecule has 0 N–H and O–H groups in total. The number of hydrogen-bond donors (Lipinski definition) is 0. The van der Waals surface area contributed by atoms with E-state index in [1.54, 1.807) is 0 Å². The fourth-order valence-electron chi connectivity index (χ4n) is 2.38. The van der Waals surface area contributed by atoms with Gasteiger partial charge in [0.15, 0.2) is 0 Å². The number of ketones is 1. The van der Waals surface area contributed by atoms with Gasteiger partial charge in [-0.3, -0.25) is 4.79 Å². The lowest BCUT2D eigenvalue weighted by Crippen LogP contribution is -2.23. The summed E-state index contributed by atoms with van der Waals surface area (Å²) in [6.45, 7) is 12.7. The van der Waals surface area contributed by atoms with Crippen molar-refractivity contribution in [2.45, 2.75) is 54.4 Å². The molecular formula is C16H26O. The van der Waals surface area contributed by atoms with Gasteiger partial charge in [0.1, 0.15) is 5.78 Å². The molecular weight excluding hydrogens is 208 g/mol. The Labute approximate surface area is 106 Å². The molecule has 0 fully saturated rings. The summed E-state index contributed by atoms with van der Waals surface area (Å²) in [6.07, 6.45) is 8.40. The van der Waals surface area contributed by atoms with Gasteiger partial charge in [0.25, 0.3) is 0 Å². The number of carbonyl (C=O) groups is 1. The minimum absolute atomic E-state index is 0.238. The highest BCUT2D eigenvalue weighted by Crippen LogP contribution is 2.44. The largest absolute Gasteiger partial charge is 0.299 e. The van der Waals surface area contributed by atoms with Crippen LogP contribution in [-0.4, -0.2) is 5.78 Å². The van der Waals surface area contributed by atoms with Crippen molar-refractivity contribution in [2.75, 3.05) is 0 Å². The van der Waals surface area contributed by atoms with Crippen molar-refractivity contribution in [1.29, 1.82) is 0 Å². The zero-order valence-corrected chi connectivity index (χ0v) is 12.1. The predicted molar refractivity (Wildman–Crippen MR) is 73.9 cm³/mol. The van der Waals surface area contributed by atoms with Crippen LogP contribution in [0.15, 0.2) is 23.8 Å². The Morgan fingerprint density at radius 1 is 1.53 bits per heavy atom. The van der Waals surface area contributed by atoms with Gasteiger partial charge in [-0.2, -0.15) is 0 Å². The third kappa shape index (κ3) is 2.88. The lowest BCUT2D eigenvalue weighted by molar-refractivity contribution is -0.124. The zero-order chi connectivity index (χ0) is 13.3. The van der Waals surface area contributed by atoms with Gasteiger partial charge < -0.3 is 0 Å². The number of allylic oxidation sites excluding steroid dienone is 4. The van der Waals surface area contributed by atoms with Crippen LogP contribution < -0.4 is 0 Å². The Morgan fingerprint density at radius 2 is 2.12 bits per heavy atom. The molecule has 0 unspecified atom stereocenters. The Hall–Kier alpha value is -0.850. The normalized spacial score (nSPS) is 24.1. The van der Waals surface area contributed by atoms with Gasteiger partial charge in [-0.15, -0.1) is 0 Å². The van der Waals surface area contributed by atoms with Gasteiger partial charge in [-0.1, -0.05) is 44.6 Å². The molecule has 0 aromatic carbocycles. The van der Waals surface area contributed by atoms with E-state index in [0.29, 0.717) is 18.1 Å².